The predicted octanol–water partition coefficient (Wildman–Crippen LogP) is 2.54. The maximum atomic E-state index is 5.86. The second-order valence-corrected chi connectivity index (χ2v) is 4.06. The number of nitrogens with zero attached hydrogens (tertiary/aromatic N) is 1. The number of rotatable bonds is 3. The Morgan fingerprint density at radius 1 is 1.50 bits per heavy atom. The van der Waals surface area contributed by atoms with Gasteiger partial charge in [0, 0.05) is 6.20 Å². The molecule has 2 N–H and O–H groups in total. The summed E-state index contributed by atoms with van der Waals surface area (Å²) in [7, 11) is 0. The van der Waals surface area contributed by atoms with E-state index >= 15 is 0 Å². The Bertz CT molecular complexity index is 321. The van der Waals surface area contributed by atoms with Crippen molar-refractivity contribution in [3.63, 3.8) is 0 Å². The maximum absolute atomic E-state index is 5.86. The van der Waals surface area contributed by atoms with Gasteiger partial charge in [0.1, 0.15) is 5.60 Å². The van der Waals surface area contributed by atoms with Gasteiger partial charge in [-0.1, -0.05) is 6.92 Å². The highest BCUT2D eigenvalue weighted by atomic mass is 16.5. The first-order valence-electron chi connectivity index (χ1n) is 4.86. The molecule has 1 aromatic rings. The van der Waals surface area contributed by atoms with E-state index in [1.54, 1.807) is 6.20 Å². The Kier molecular flexibility index (Phi) is 2.99. The molecule has 0 fully saturated rings. The third-order valence-corrected chi connectivity index (χ3v) is 2.40. The molecule has 0 spiro atoms. The first kappa shape index (κ1) is 10.8. The lowest BCUT2D eigenvalue weighted by molar-refractivity contribution is 0.100. The van der Waals surface area contributed by atoms with Crippen LogP contribution < -0.4 is 10.5 Å². The second kappa shape index (κ2) is 3.86. The van der Waals surface area contributed by atoms with Crippen molar-refractivity contribution in [3.05, 3.63) is 17.8 Å². The molecule has 0 atom stereocenters. The van der Waals surface area contributed by atoms with E-state index in [1.165, 1.54) is 0 Å². The Morgan fingerprint density at radius 2 is 2.14 bits per heavy atom. The van der Waals surface area contributed by atoms with Crippen molar-refractivity contribution in [3.8, 4) is 5.88 Å². The molecule has 1 aromatic heterocycles. The van der Waals surface area contributed by atoms with E-state index in [0.717, 1.165) is 12.0 Å². The van der Waals surface area contributed by atoms with Crippen molar-refractivity contribution in [2.45, 2.75) is 39.7 Å². The molecule has 0 bridgehead atoms. The molecular weight excluding hydrogens is 176 g/mol. The maximum Gasteiger partial charge on any atom is 0.237 e. The number of hydrogen-bond donors (Lipinski definition) is 1. The summed E-state index contributed by atoms with van der Waals surface area (Å²) in [6.45, 7) is 8.07. The van der Waals surface area contributed by atoms with Crippen LogP contribution in [0.3, 0.4) is 0 Å². The molecule has 0 aromatic carbocycles. The topological polar surface area (TPSA) is 48.1 Å². The molecule has 0 radical (unpaired) electrons. The lowest BCUT2D eigenvalue weighted by Crippen LogP contribution is -2.27. The van der Waals surface area contributed by atoms with E-state index in [4.69, 9.17) is 10.5 Å². The average molecular weight is 194 g/mol. The number of pyridine rings is 1. The fourth-order valence-corrected chi connectivity index (χ4v) is 0.960. The minimum Gasteiger partial charge on any atom is -0.470 e. The predicted molar refractivity (Wildman–Crippen MR) is 58.4 cm³/mol. The smallest absolute Gasteiger partial charge is 0.237 e. The molecular formula is C11H18N2O. The van der Waals surface area contributed by atoms with E-state index < -0.39 is 0 Å². The highest BCUT2D eigenvalue weighted by Crippen LogP contribution is 2.26. The highest BCUT2D eigenvalue weighted by Gasteiger charge is 2.19. The molecule has 14 heavy (non-hydrogen) atoms. The van der Waals surface area contributed by atoms with Gasteiger partial charge >= 0.3 is 0 Å². The van der Waals surface area contributed by atoms with Gasteiger partial charge in [-0.2, -0.15) is 0 Å². The Balaban J connectivity index is 2.92. The zero-order valence-corrected chi connectivity index (χ0v) is 9.29. The number of anilines is 1. The van der Waals surface area contributed by atoms with Crippen molar-refractivity contribution < 1.29 is 4.74 Å². The molecule has 0 saturated carbocycles. The number of nitrogen functional groups attached to an aromatic ring is 1. The van der Waals surface area contributed by atoms with Crippen LogP contribution in [0.2, 0.25) is 0 Å². The fourth-order valence-electron chi connectivity index (χ4n) is 0.960. The summed E-state index contributed by atoms with van der Waals surface area (Å²) in [6.07, 6.45) is 2.63. The fraction of sp³-hybridized carbons (Fsp3) is 0.545. The van der Waals surface area contributed by atoms with Crippen molar-refractivity contribution >= 4 is 5.69 Å². The highest BCUT2D eigenvalue weighted by molar-refractivity contribution is 5.53. The lowest BCUT2D eigenvalue weighted by atomic mass is 10.1. The Labute approximate surface area is 85.3 Å². The van der Waals surface area contributed by atoms with Crippen LogP contribution in [0.1, 0.15) is 32.8 Å². The summed E-state index contributed by atoms with van der Waals surface area (Å²) in [6, 6.07) is 1.88. The van der Waals surface area contributed by atoms with E-state index in [-0.39, 0.29) is 5.60 Å². The molecule has 0 amide bonds. The summed E-state index contributed by atoms with van der Waals surface area (Å²) >= 11 is 0. The van der Waals surface area contributed by atoms with Crippen molar-refractivity contribution in [2.24, 2.45) is 0 Å². The molecule has 0 aliphatic carbocycles. The van der Waals surface area contributed by atoms with Crippen LogP contribution in [0, 0.1) is 6.92 Å². The monoisotopic (exact) mass is 194 g/mol. The van der Waals surface area contributed by atoms with Crippen LogP contribution in [0.5, 0.6) is 5.88 Å². The number of nitrogens with two attached hydrogens (primary N) is 1. The van der Waals surface area contributed by atoms with Gasteiger partial charge in [0.2, 0.25) is 5.88 Å². The summed E-state index contributed by atoms with van der Waals surface area (Å²) < 4.78 is 5.73. The zero-order chi connectivity index (χ0) is 10.8. The second-order valence-electron chi connectivity index (χ2n) is 4.06. The summed E-state index contributed by atoms with van der Waals surface area (Å²) in [4.78, 5) is 4.13. The van der Waals surface area contributed by atoms with E-state index in [2.05, 4.69) is 11.9 Å². The summed E-state index contributed by atoms with van der Waals surface area (Å²) in [5, 5.41) is 0. The minimum absolute atomic E-state index is 0.213. The third kappa shape index (κ3) is 2.37. The third-order valence-electron chi connectivity index (χ3n) is 2.40. The quantitative estimate of drug-likeness (QED) is 0.804. The molecule has 3 nitrogen and oxygen atoms in total. The van der Waals surface area contributed by atoms with Crippen LogP contribution in [-0.2, 0) is 0 Å². The Hall–Kier alpha value is -1.25. The lowest BCUT2D eigenvalue weighted by Gasteiger charge is -2.24. The molecule has 78 valence electrons. The van der Waals surface area contributed by atoms with E-state index in [1.807, 2.05) is 26.8 Å². The van der Waals surface area contributed by atoms with Gasteiger partial charge in [0.25, 0.3) is 0 Å². The minimum atomic E-state index is -0.213. The summed E-state index contributed by atoms with van der Waals surface area (Å²) in [5.41, 5.74) is 7.28. The van der Waals surface area contributed by atoms with Crippen LogP contribution in [0.15, 0.2) is 12.3 Å². The first-order chi connectivity index (χ1) is 6.46. The van der Waals surface area contributed by atoms with Gasteiger partial charge in [-0.15, -0.1) is 0 Å². The van der Waals surface area contributed by atoms with Gasteiger partial charge < -0.3 is 10.5 Å². The molecule has 1 rings (SSSR count). The van der Waals surface area contributed by atoms with E-state index in [0.29, 0.717) is 11.6 Å². The van der Waals surface area contributed by atoms with Crippen LogP contribution in [0.25, 0.3) is 0 Å². The number of aromatic nitrogens is 1. The van der Waals surface area contributed by atoms with Crippen molar-refractivity contribution in [1.82, 2.24) is 4.98 Å². The molecule has 0 aliphatic heterocycles. The van der Waals surface area contributed by atoms with Gasteiger partial charge in [0.05, 0.1) is 5.69 Å². The van der Waals surface area contributed by atoms with Crippen LogP contribution >= 0.6 is 0 Å². The average Bonchev–Trinajstić information content (AvgIpc) is 2.13. The first-order valence-corrected chi connectivity index (χ1v) is 4.86. The molecule has 3 heteroatoms. The van der Waals surface area contributed by atoms with Gasteiger partial charge in [0.15, 0.2) is 0 Å². The van der Waals surface area contributed by atoms with Crippen molar-refractivity contribution in [1.29, 1.82) is 0 Å². The van der Waals surface area contributed by atoms with Crippen molar-refractivity contribution in [2.75, 3.05) is 5.73 Å². The zero-order valence-electron chi connectivity index (χ0n) is 9.29. The Morgan fingerprint density at radius 3 is 2.71 bits per heavy atom. The van der Waals surface area contributed by atoms with Gasteiger partial charge in [-0.25, -0.2) is 4.98 Å². The molecule has 0 aliphatic rings. The summed E-state index contributed by atoms with van der Waals surface area (Å²) in [5.74, 6) is 0.539. The SMILES string of the molecule is CCC(C)(C)Oc1nccc(C)c1N. The number of aryl methyl sites for hydroxylation is 1. The number of ether oxygens (including phenoxy) is 1. The molecule has 1 heterocycles. The molecule has 0 saturated heterocycles. The largest absolute Gasteiger partial charge is 0.470 e. The molecule has 0 unspecified atom stereocenters. The van der Waals surface area contributed by atoms with E-state index in [9.17, 15) is 0 Å². The standard InChI is InChI=1S/C11H18N2O/c1-5-11(3,4)14-10-9(12)8(2)6-7-13-10/h6-7H,5,12H2,1-4H3. The normalized spacial score (nSPS) is 11.4. The van der Waals surface area contributed by atoms with Gasteiger partial charge in [-0.05, 0) is 38.8 Å². The van der Waals surface area contributed by atoms with Gasteiger partial charge in [-0.3, -0.25) is 0 Å². The van der Waals surface area contributed by atoms with Crippen LogP contribution in [0.4, 0.5) is 5.69 Å². The number of hydrogen-bond acceptors (Lipinski definition) is 3. The van der Waals surface area contributed by atoms with Crippen LogP contribution in [-0.4, -0.2) is 10.6 Å².